The van der Waals surface area contributed by atoms with E-state index in [0.29, 0.717) is 6.54 Å². The van der Waals surface area contributed by atoms with Crippen LogP contribution >= 0.6 is 0 Å². The van der Waals surface area contributed by atoms with Crippen molar-refractivity contribution in [3.63, 3.8) is 0 Å². The van der Waals surface area contributed by atoms with E-state index in [1.54, 1.807) is 0 Å². The number of guanidine groups is 1. The average molecular weight is 368 g/mol. The minimum absolute atomic E-state index is 0.0235. The molecule has 150 valence electrons. The Morgan fingerprint density at radius 2 is 1.81 bits per heavy atom. The van der Waals surface area contributed by atoms with E-state index in [4.69, 9.17) is 4.74 Å². The molecule has 0 spiro atoms. The fourth-order valence-electron chi connectivity index (χ4n) is 3.91. The Bertz CT molecular complexity index is 443. The molecule has 0 aromatic heterocycles. The molecule has 1 aliphatic heterocycles. The topological polar surface area (TPSA) is 78.0 Å². The first-order chi connectivity index (χ1) is 12.7. The summed E-state index contributed by atoms with van der Waals surface area (Å²) in [6, 6.07) is 0. The maximum Gasteiger partial charge on any atom is 0.241 e. The van der Waals surface area contributed by atoms with Gasteiger partial charge in [-0.15, -0.1) is 0 Å². The Balaban J connectivity index is 1.95. The van der Waals surface area contributed by atoms with Gasteiger partial charge in [0.05, 0.1) is 13.2 Å². The van der Waals surface area contributed by atoms with Crippen LogP contribution in [0.3, 0.4) is 0 Å². The summed E-state index contributed by atoms with van der Waals surface area (Å²) < 4.78 is 5.55. The molecule has 0 radical (unpaired) electrons. The molecule has 1 heterocycles. The molecule has 1 saturated heterocycles. The Hall–Kier alpha value is -1.34. The van der Waals surface area contributed by atoms with Crippen molar-refractivity contribution in [3.05, 3.63) is 0 Å². The predicted octanol–water partition coefficient (Wildman–Crippen LogP) is 1.10. The molecule has 3 N–H and O–H groups in total. The first-order valence-electron chi connectivity index (χ1n) is 10.3. The number of nitrogens with one attached hydrogen (secondary N) is 3. The van der Waals surface area contributed by atoms with Crippen LogP contribution in [0.25, 0.3) is 0 Å². The highest BCUT2D eigenvalue weighted by atomic mass is 16.5. The quantitative estimate of drug-likeness (QED) is 0.442. The Morgan fingerprint density at radius 1 is 1.08 bits per heavy atom. The minimum atomic E-state index is -0.0235. The number of ether oxygens (including phenoxy) is 1. The Kier molecular flexibility index (Phi) is 9.18. The van der Waals surface area contributed by atoms with E-state index in [2.05, 4.69) is 25.8 Å². The van der Waals surface area contributed by atoms with Crippen molar-refractivity contribution in [2.24, 2.45) is 4.99 Å². The van der Waals surface area contributed by atoms with Crippen LogP contribution in [0.2, 0.25) is 0 Å². The fourth-order valence-corrected chi connectivity index (χ4v) is 3.91. The maximum absolute atomic E-state index is 11.8. The van der Waals surface area contributed by atoms with Gasteiger partial charge in [-0.25, -0.2) is 4.99 Å². The number of carbonyl (C=O) groups is 1. The summed E-state index contributed by atoms with van der Waals surface area (Å²) >= 11 is 0. The van der Waals surface area contributed by atoms with E-state index < -0.39 is 0 Å². The Labute approximate surface area is 158 Å². The summed E-state index contributed by atoms with van der Waals surface area (Å²) in [4.78, 5) is 18.9. The second kappa shape index (κ2) is 11.4. The fraction of sp³-hybridized carbons (Fsp3) is 0.895. The molecular formula is C19H37N5O2. The zero-order valence-corrected chi connectivity index (χ0v) is 16.6. The largest absolute Gasteiger partial charge is 0.379 e. The van der Waals surface area contributed by atoms with E-state index in [9.17, 15) is 4.79 Å². The molecule has 0 bridgehead atoms. The lowest BCUT2D eigenvalue weighted by Gasteiger charge is -2.48. The molecule has 0 atom stereocenters. The molecular weight excluding hydrogens is 330 g/mol. The summed E-state index contributed by atoms with van der Waals surface area (Å²) in [6.07, 6.45) is 7.28. The molecule has 0 aromatic carbocycles. The molecule has 1 aliphatic carbocycles. The summed E-state index contributed by atoms with van der Waals surface area (Å²) in [5, 5.41) is 9.66. The first kappa shape index (κ1) is 21.0. The van der Waals surface area contributed by atoms with Crippen molar-refractivity contribution in [1.82, 2.24) is 20.9 Å². The standard InChI is InChI=1S/C19H37N5O2/c1-3-10-21-17(25)15-22-18(20-4-2)23-16-19(8-6-5-7-9-19)24-11-13-26-14-12-24/h3-16H2,1-2H3,(H,21,25)(H2,20,22,23). The number of amides is 1. The molecule has 2 aliphatic rings. The lowest BCUT2D eigenvalue weighted by atomic mass is 9.80. The van der Waals surface area contributed by atoms with Crippen molar-refractivity contribution >= 4 is 11.9 Å². The van der Waals surface area contributed by atoms with Crippen LogP contribution in [0.15, 0.2) is 4.99 Å². The lowest BCUT2D eigenvalue weighted by Crippen LogP contribution is -2.60. The molecule has 7 heteroatoms. The summed E-state index contributed by atoms with van der Waals surface area (Å²) in [5.74, 6) is 0.710. The molecule has 1 saturated carbocycles. The Morgan fingerprint density at radius 3 is 2.46 bits per heavy atom. The molecule has 0 unspecified atom stereocenters. The number of hydrogen-bond acceptors (Lipinski definition) is 4. The van der Waals surface area contributed by atoms with E-state index in [-0.39, 0.29) is 18.0 Å². The molecule has 7 nitrogen and oxygen atoms in total. The second-order valence-electron chi connectivity index (χ2n) is 7.28. The van der Waals surface area contributed by atoms with Gasteiger partial charge in [-0.1, -0.05) is 26.2 Å². The third-order valence-electron chi connectivity index (χ3n) is 5.35. The minimum Gasteiger partial charge on any atom is -0.379 e. The van der Waals surface area contributed by atoms with Crippen molar-refractivity contribution < 1.29 is 9.53 Å². The zero-order chi connectivity index (χ0) is 18.7. The van der Waals surface area contributed by atoms with Gasteiger partial charge in [0.2, 0.25) is 5.91 Å². The summed E-state index contributed by atoms with van der Waals surface area (Å²) in [6.45, 7) is 10.3. The number of aliphatic imine (C=N–C) groups is 1. The third-order valence-corrected chi connectivity index (χ3v) is 5.35. The van der Waals surface area contributed by atoms with Gasteiger partial charge in [-0.2, -0.15) is 0 Å². The van der Waals surface area contributed by atoms with Crippen LogP contribution in [0, 0.1) is 0 Å². The molecule has 1 amide bonds. The number of carbonyl (C=O) groups excluding carboxylic acids is 1. The zero-order valence-electron chi connectivity index (χ0n) is 16.6. The van der Waals surface area contributed by atoms with Crippen molar-refractivity contribution in [2.75, 3.05) is 52.5 Å². The average Bonchev–Trinajstić information content (AvgIpc) is 2.70. The van der Waals surface area contributed by atoms with Crippen LogP contribution in [0.4, 0.5) is 0 Å². The first-order valence-corrected chi connectivity index (χ1v) is 10.3. The van der Waals surface area contributed by atoms with Gasteiger partial charge in [0.15, 0.2) is 5.96 Å². The maximum atomic E-state index is 11.8. The van der Waals surface area contributed by atoms with E-state index >= 15 is 0 Å². The van der Waals surface area contributed by atoms with Crippen molar-refractivity contribution in [3.8, 4) is 0 Å². The van der Waals surface area contributed by atoms with E-state index in [1.807, 2.05) is 13.8 Å². The normalized spacial score (nSPS) is 21.2. The number of hydrogen-bond donors (Lipinski definition) is 3. The summed E-state index contributed by atoms with van der Waals surface area (Å²) in [5.41, 5.74) is 0.183. The molecule has 2 fully saturated rings. The van der Waals surface area contributed by atoms with E-state index in [0.717, 1.165) is 51.8 Å². The third kappa shape index (κ3) is 6.43. The van der Waals surface area contributed by atoms with Gasteiger partial charge in [-0.3, -0.25) is 9.69 Å². The summed E-state index contributed by atoms with van der Waals surface area (Å²) in [7, 11) is 0. The SMILES string of the molecule is CCCNC(=O)CN=C(NCC)NCC1(N2CCOCC2)CCCCC1. The highest BCUT2D eigenvalue weighted by Gasteiger charge is 2.38. The lowest BCUT2D eigenvalue weighted by molar-refractivity contribution is -0.119. The predicted molar refractivity (Wildman–Crippen MR) is 105 cm³/mol. The van der Waals surface area contributed by atoms with Crippen LogP contribution in [0.5, 0.6) is 0 Å². The monoisotopic (exact) mass is 367 g/mol. The second-order valence-corrected chi connectivity index (χ2v) is 7.28. The van der Waals surface area contributed by atoms with Crippen LogP contribution in [-0.4, -0.2) is 74.8 Å². The van der Waals surface area contributed by atoms with Crippen LogP contribution in [0.1, 0.15) is 52.4 Å². The molecule has 26 heavy (non-hydrogen) atoms. The van der Waals surface area contributed by atoms with Gasteiger partial charge >= 0.3 is 0 Å². The number of nitrogens with zero attached hydrogens (tertiary/aromatic N) is 2. The van der Waals surface area contributed by atoms with Crippen molar-refractivity contribution in [1.29, 1.82) is 0 Å². The van der Waals surface area contributed by atoms with Crippen molar-refractivity contribution in [2.45, 2.75) is 57.9 Å². The van der Waals surface area contributed by atoms with Crippen LogP contribution < -0.4 is 16.0 Å². The van der Waals surface area contributed by atoms with Gasteiger partial charge in [0.1, 0.15) is 6.54 Å². The van der Waals surface area contributed by atoms with Gasteiger partial charge < -0.3 is 20.7 Å². The molecule has 0 aromatic rings. The van der Waals surface area contributed by atoms with Crippen LogP contribution in [-0.2, 0) is 9.53 Å². The van der Waals surface area contributed by atoms with Gasteiger partial charge in [-0.05, 0) is 26.2 Å². The molecule has 2 rings (SSSR count). The van der Waals surface area contributed by atoms with E-state index in [1.165, 1.54) is 32.1 Å². The highest BCUT2D eigenvalue weighted by molar-refractivity contribution is 5.84. The number of morpholine rings is 1. The smallest absolute Gasteiger partial charge is 0.241 e. The number of rotatable bonds is 8. The highest BCUT2D eigenvalue weighted by Crippen LogP contribution is 2.33. The van der Waals surface area contributed by atoms with Gasteiger partial charge in [0, 0.05) is 38.3 Å². The van der Waals surface area contributed by atoms with Gasteiger partial charge in [0.25, 0.3) is 0 Å².